The normalized spacial score (nSPS) is 11.2. The van der Waals surface area contributed by atoms with Crippen molar-refractivity contribution in [2.45, 2.75) is 33.0 Å². The van der Waals surface area contributed by atoms with Gasteiger partial charge in [0.1, 0.15) is 5.82 Å². The number of nitrogens with one attached hydrogen (secondary N) is 1. The maximum Gasteiger partial charge on any atom is 0.234 e. The summed E-state index contributed by atoms with van der Waals surface area (Å²) < 4.78 is 4.33. The van der Waals surface area contributed by atoms with E-state index in [1.165, 1.54) is 5.56 Å². The molecule has 1 N–H and O–H groups in total. The fraction of sp³-hybridized carbons (Fsp3) is 0.471. The number of rotatable bonds is 7. The van der Waals surface area contributed by atoms with Gasteiger partial charge in [0.15, 0.2) is 4.77 Å². The number of amides is 1. The second-order valence-electron chi connectivity index (χ2n) is 6.30. The van der Waals surface area contributed by atoms with Crippen molar-refractivity contribution in [3.05, 3.63) is 46.5 Å². The summed E-state index contributed by atoms with van der Waals surface area (Å²) in [5.41, 5.74) is 1.19. The van der Waals surface area contributed by atoms with E-state index in [1.807, 2.05) is 55.6 Å². The van der Waals surface area contributed by atoms with Gasteiger partial charge in [-0.2, -0.15) is 5.10 Å². The fourth-order valence-electron chi connectivity index (χ4n) is 2.45. The predicted octanol–water partition coefficient (Wildman–Crippen LogP) is 1.96. The van der Waals surface area contributed by atoms with Crippen molar-refractivity contribution in [2.75, 3.05) is 13.6 Å². The lowest BCUT2D eigenvalue weighted by molar-refractivity contribution is -0.122. The van der Waals surface area contributed by atoms with Crippen LogP contribution in [0, 0.1) is 4.77 Å². The maximum absolute atomic E-state index is 11.8. The second kappa shape index (κ2) is 8.21. The highest BCUT2D eigenvalue weighted by atomic mass is 32.1. The second-order valence-corrected chi connectivity index (χ2v) is 6.66. The zero-order valence-corrected chi connectivity index (χ0v) is 15.5. The summed E-state index contributed by atoms with van der Waals surface area (Å²) in [6.45, 7) is 4.68. The van der Waals surface area contributed by atoms with Crippen molar-refractivity contribution in [3.8, 4) is 0 Å². The SMILES string of the molecule is CC(C)NC(=O)CN(C)Cn1nc(Cc2ccccc2)n(C)c1=S. The van der Waals surface area contributed by atoms with Crippen LogP contribution in [0.2, 0.25) is 0 Å². The summed E-state index contributed by atoms with van der Waals surface area (Å²) in [5, 5.41) is 7.50. The van der Waals surface area contributed by atoms with E-state index in [0.29, 0.717) is 18.0 Å². The molecule has 0 spiro atoms. The molecule has 0 fully saturated rings. The first kappa shape index (κ1) is 18.4. The number of carbonyl (C=O) groups excluding carboxylic acids is 1. The monoisotopic (exact) mass is 347 g/mol. The third-order valence-corrected chi connectivity index (χ3v) is 4.06. The van der Waals surface area contributed by atoms with Crippen molar-refractivity contribution < 1.29 is 4.79 Å². The van der Waals surface area contributed by atoms with E-state index in [2.05, 4.69) is 22.5 Å². The molecular formula is C17H25N5OS. The van der Waals surface area contributed by atoms with Crippen LogP contribution in [0.5, 0.6) is 0 Å². The zero-order chi connectivity index (χ0) is 17.7. The number of likely N-dealkylation sites (N-methyl/N-ethyl adjacent to an activating group) is 1. The molecule has 1 heterocycles. The van der Waals surface area contributed by atoms with Gasteiger partial charge in [-0.3, -0.25) is 9.69 Å². The number of aromatic nitrogens is 3. The first-order chi connectivity index (χ1) is 11.4. The summed E-state index contributed by atoms with van der Waals surface area (Å²) in [5.74, 6) is 0.908. The lowest BCUT2D eigenvalue weighted by Gasteiger charge is -2.17. The summed E-state index contributed by atoms with van der Waals surface area (Å²) in [4.78, 5) is 13.7. The van der Waals surface area contributed by atoms with Crippen LogP contribution in [-0.2, 0) is 24.9 Å². The Morgan fingerprint density at radius 2 is 2.00 bits per heavy atom. The highest BCUT2D eigenvalue weighted by Crippen LogP contribution is 2.08. The molecule has 1 aromatic heterocycles. The van der Waals surface area contributed by atoms with E-state index < -0.39 is 0 Å². The fourth-order valence-corrected chi connectivity index (χ4v) is 2.65. The van der Waals surface area contributed by atoms with Gasteiger partial charge in [0.05, 0.1) is 13.2 Å². The lowest BCUT2D eigenvalue weighted by atomic mass is 10.1. The molecule has 1 aromatic carbocycles. The van der Waals surface area contributed by atoms with Crippen LogP contribution in [-0.4, -0.2) is 44.8 Å². The minimum absolute atomic E-state index is 0.000501. The van der Waals surface area contributed by atoms with Crippen LogP contribution < -0.4 is 5.32 Å². The summed E-state index contributed by atoms with van der Waals surface area (Å²) in [6, 6.07) is 10.3. The van der Waals surface area contributed by atoms with Gasteiger partial charge in [-0.1, -0.05) is 30.3 Å². The highest BCUT2D eigenvalue weighted by Gasteiger charge is 2.12. The number of hydrogen-bond donors (Lipinski definition) is 1. The van der Waals surface area contributed by atoms with Crippen LogP contribution in [0.25, 0.3) is 0 Å². The molecule has 0 aliphatic heterocycles. The average Bonchev–Trinajstić information content (AvgIpc) is 2.75. The quantitative estimate of drug-likeness (QED) is 0.778. The van der Waals surface area contributed by atoms with Gasteiger partial charge in [-0.15, -0.1) is 0 Å². The molecule has 0 saturated heterocycles. The van der Waals surface area contributed by atoms with Crippen LogP contribution in [0.4, 0.5) is 0 Å². The number of hydrogen-bond acceptors (Lipinski definition) is 4. The van der Waals surface area contributed by atoms with Crippen LogP contribution >= 0.6 is 12.2 Å². The third kappa shape index (κ3) is 5.01. The molecular weight excluding hydrogens is 322 g/mol. The largest absolute Gasteiger partial charge is 0.353 e. The van der Waals surface area contributed by atoms with Gasteiger partial charge in [0, 0.05) is 19.5 Å². The van der Waals surface area contributed by atoms with Gasteiger partial charge in [0.2, 0.25) is 5.91 Å². The van der Waals surface area contributed by atoms with Crippen molar-refractivity contribution >= 4 is 18.1 Å². The third-order valence-electron chi connectivity index (χ3n) is 3.57. The molecule has 130 valence electrons. The van der Waals surface area contributed by atoms with E-state index in [0.717, 1.165) is 12.2 Å². The first-order valence-corrected chi connectivity index (χ1v) is 8.42. The summed E-state index contributed by atoms with van der Waals surface area (Å²) in [7, 11) is 3.81. The molecule has 1 amide bonds. The van der Waals surface area contributed by atoms with Crippen LogP contribution in [0.15, 0.2) is 30.3 Å². The van der Waals surface area contributed by atoms with Crippen molar-refractivity contribution in [2.24, 2.45) is 7.05 Å². The molecule has 0 aliphatic rings. The van der Waals surface area contributed by atoms with Crippen LogP contribution in [0.1, 0.15) is 25.2 Å². The number of benzene rings is 1. The molecule has 2 aromatic rings. The Hall–Kier alpha value is -1.99. The predicted molar refractivity (Wildman–Crippen MR) is 97.2 cm³/mol. The van der Waals surface area contributed by atoms with E-state index in [9.17, 15) is 4.79 Å². The number of carbonyl (C=O) groups is 1. The Balaban J connectivity index is 2.05. The Labute approximate surface area is 148 Å². The average molecular weight is 347 g/mol. The molecule has 7 heteroatoms. The Bertz CT molecular complexity index is 735. The maximum atomic E-state index is 11.8. The van der Waals surface area contributed by atoms with Crippen LogP contribution in [0.3, 0.4) is 0 Å². The molecule has 0 saturated carbocycles. The van der Waals surface area contributed by atoms with Crippen molar-refractivity contribution in [1.29, 1.82) is 0 Å². The van der Waals surface area contributed by atoms with Gasteiger partial charge in [0.25, 0.3) is 0 Å². The molecule has 0 radical (unpaired) electrons. The topological polar surface area (TPSA) is 55.1 Å². The Morgan fingerprint density at radius 1 is 1.33 bits per heavy atom. The first-order valence-electron chi connectivity index (χ1n) is 8.01. The molecule has 2 rings (SSSR count). The van der Waals surface area contributed by atoms with Crippen molar-refractivity contribution in [3.63, 3.8) is 0 Å². The van der Waals surface area contributed by atoms with E-state index in [4.69, 9.17) is 12.2 Å². The van der Waals surface area contributed by atoms with Crippen molar-refractivity contribution in [1.82, 2.24) is 24.6 Å². The van der Waals surface area contributed by atoms with E-state index in [1.54, 1.807) is 4.68 Å². The van der Waals surface area contributed by atoms with E-state index >= 15 is 0 Å². The van der Waals surface area contributed by atoms with Gasteiger partial charge < -0.3 is 9.88 Å². The van der Waals surface area contributed by atoms with E-state index in [-0.39, 0.29) is 11.9 Å². The van der Waals surface area contributed by atoms with Gasteiger partial charge >= 0.3 is 0 Å². The molecule has 0 bridgehead atoms. The van der Waals surface area contributed by atoms with Gasteiger partial charge in [-0.05, 0) is 38.7 Å². The minimum Gasteiger partial charge on any atom is -0.353 e. The Kier molecular flexibility index (Phi) is 6.28. The summed E-state index contributed by atoms with van der Waals surface area (Å²) in [6.07, 6.45) is 0.728. The number of nitrogens with zero attached hydrogens (tertiary/aromatic N) is 4. The molecule has 6 nitrogen and oxygen atoms in total. The molecule has 0 aliphatic carbocycles. The molecule has 0 atom stereocenters. The highest BCUT2D eigenvalue weighted by molar-refractivity contribution is 7.71. The standard InChI is InChI=1S/C17H25N5OS/c1-13(2)18-16(23)11-20(3)12-22-17(24)21(4)15(19-22)10-14-8-6-5-7-9-14/h5-9,13H,10-12H2,1-4H3,(H,18,23). The molecule has 0 unspecified atom stereocenters. The summed E-state index contributed by atoms with van der Waals surface area (Å²) >= 11 is 5.47. The zero-order valence-electron chi connectivity index (χ0n) is 14.7. The smallest absolute Gasteiger partial charge is 0.234 e. The molecule has 24 heavy (non-hydrogen) atoms. The Morgan fingerprint density at radius 3 is 2.62 bits per heavy atom. The van der Waals surface area contributed by atoms with Gasteiger partial charge in [-0.25, -0.2) is 4.68 Å². The lowest BCUT2D eigenvalue weighted by Crippen LogP contribution is -2.39. The minimum atomic E-state index is -0.000501.